The Kier molecular flexibility index (Phi) is 5.62. The number of aromatic nitrogens is 1. The molecule has 0 bridgehead atoms. The van der Waals surface area contributed by atoms with E-state index in [9.17, 15) is 8.42 Å². The van der Waals surface area contributed by atoms with Gasteiger partial charge in [-0.25, -0.2) is 13.4 Å². The van der Waals surface area contributed by atoms with Crippen LogP contribution in [0.25, 0.3) is 0 Å². The van der Waals surface area contributed by atoms with E-state index < -0.39 is 9.84 Å². The maximum Gasteiger partial charge on any atom is 0.185 e. The average Bonchev–Trinajstić information content (AvgIpc) is 2.74. The third-order valence-corrected chi connectivity index (χ3v) is 6.47. The van der Waals surface area contributed by atoms with Gasteiger partial charge >= 0.3 is 0 Å². The van der Waals surface area contributed by atoms with Gasteiger partial charge in [-0.3, -0.25) is 0 Å². The molecule has 0 atom stereocenters. The molecule has 1 aliphatic heterocycles. The molecular formula is C14H25N3O2S2. The number of sulfone groups is 1. The van der Waals surface area contributed by atoms with Crippen molar-refractivity contribution in [3.05, 3.63) is 10.6 Å². The summed E-state index contributed by atoms with van der Waals surface area (Å²) in [5.74, 6) is 0.547. The van der Waals surface area contributed by atoms with E-state index in [1.165, 1.54) is 4.88 Å². The van der Waals surface area contributed by atoms with E-state index >= 15 is 0 Å². The van der Waals surface area contributed by atoms with Gasteiger partial charge in [0.25, 0.3) is 0 Å². The van der Waals surface area contributed by atoms with Gasteiger partial charge in [-0.2, -0.15) is 0 Å². The zero-order chi connectivity index (χ0) is 15.5. The first kappa shape index (κ1) is 16.7. The van der Waals surface area contributed by atoms with Gasteiger partial charge in [-0.15, -0.1) is 11.3 Å². The van der Waals surface area contributed by atoms with Crippen molar-refractivity contribution in [1.82, 2.24) is 10.3 Å². The zero-order valence-corrected chi connectivity index (χ0v) is 14.7. The average molecular weight is 332 g/mol. The van der Waals surface area contributed by atoms with Crippen LogP contribution in [-0.4, -0.2) is 44.0 Å². The van der Waals surface area contributed by atoms with Gasteiger partial charge in [0.15, 0.2) is 15.0 Å². The number of aryl methyl sites for hydroxylation is 1. The lowest BCUT2D eigenvalue weighted by Crippen LogP contribution is -2.26. The fourth-order valence-corrected chi connectivity index (χ4v) is 4.77. The van der Waals surface area contributed by atoms with Crippen LogP contribution in [0.1, 0.15) is 37.8 Å². The molecule has 0 radical (unpaired) electrons. The predicted molar refractivity (Wildman–Crippen MR) is 89.0 cm³/mol. The molecule has 120 valence electrons. The number of hydrogen-bond acceptors (Lipinski definition) is 6. The number of thiazole rings is 1. The molecule has 1 N–H and O–H groups in total. The van der Waals surface area contributed by atoms with Crippen molar-refractivity contribution in [2.75, 3.05) is 29.5 Å². The number of nitrogens with one attached hydrogen (secondary N) is 1. The standard InChI is InChI=1S/C14H25N3O2S2/c1-4-12-13(10-15-11(2)3)20-14(16-12)17-6-5-8-21(18,19)9-7-17/h11,15H,4-10H2,1-3H3. The molecule has 0 saturated carbocycles. The normalized spacial score (nSPS) is 19.0. The van der Waals surface area contributed by atoms with Crippen LogP contribution >= 0.6 is 11.3 Å². The Morgan fingerprint density at radius 3 is 2.76 bits per heavy atom. The maximum atomic E-state index is 11.7. The molecule has 1 aromatic rings. The van der Waals surface area contributed by atoms with Crippen LogP contribution in [0, 0.1) is 0 Å². The van der Waals surface area contributed by atoms with Gasteiger partial charge in [0.1, 0.15) is 0 Å². The highest BCUT2D eigenvalue weighted by Crippen LogP contribution is 2.28. The summed E-state index contributed by atoms with van der Waals surface area (Å²) in [7, 11) is -2.87. The lowest BCUT2D eigenvalue weighted by Gasteiger charge is -2.17. The molecule has 1 aliphatic rings. The summed E-state index contributed by atoms with van der Waals surface area (Å²) in [6.45, 7) is 8.57. The quantitative estimate of drug-likeness (QED) is 0.892. The van der Waals surface area contributed by atoms with Crippen LogP contribution in [0.15, 0.2) is 0 Å². The van der Waals surface area contributed by atoms with Gasteiger partial charge in [0, 0.05) is 30.6 Å². The van der Waals surface area contributed by atoms with Crippen LogP contribution < -0.4 is 10.2 Å². The van der Waals surface area contributed by atoms with E-state index in [1.807, 2.05) is 0 Å². The van der Waals surface area contributed by atoms with E-state index in [1.54, 1.807) is 11.3 Å². The SMILES string of the molecule is CCc1nc(N2CCCS(=O)(=O)CC2)sc1CNC(C)C. The number of rotatable bonds is 5. The fraction of sp³-hybridized carbons (Fsp3) is 0.786. The molecule has 0 aliphatic carbocycles. The second-order valence-electron chi connectivity index (χ2n) is 5.75. The molecule has 2 heterocycles. The molecule has 1 aromatic heterocycles. The summed E-state index contributed by atoms with van der Waals surface area (Å²) in [6.07, 6.45) is 1.61. The molecule has 0 spiro atoms. The fourth-order valence-electron chi connectivity index (χ4n) is 2.35. The second kappa shape index (κ2) is 7.07. The molecule has 2 rings (SSSR count). The Balaban J connectivity index is 2.12. The lowest BCUT2D eigenvalue weighted by atomic mass is 10.3. The Hall–Kier alpha value is -0.660. The smallest absolute Gasteiger partial charge is 0.185 e. The minimum atomic E-state index is -2.87. The highest BCUT2D eigenvalue weighted by molar-refractivity contribution is 7.91. The largest absolute Gasteiger partial charge is 0.347 e. The Bertz CT molecular complexity index is 567. The monoisotopic (exact) mass is 331 g/mol. The van der Waals surface area contributed by atoms with Crippen LogP contribution in [0.2, 0.25) is 0 Å². The van der Waals surface area contributed by atoms with Crippen LogP contribution in [0.5, 0.6) is 0 Å². The number of nitrogens with zero attached hydrogens (tertiary/aromatic N) is 2. The highest BCUT2D eigenvalue weighted by Gasteiger charge is 2.22. The summed E-state index contributed by atoms with van der Waals surface area (Å²) >= 11 is 1.70. The minimum absolute atomic E-state index is 0.244. The summed E-state index contributed by atoms with van der Waals surface area (Å²) in [6, 6.07) is 0.448. The summed E-state index contributed by atoms with van der Waals surface area (Å²) < 4.78 is 23.4. The van der Waals surface area contributed by atoms with Crippen LogP contribution in [0.4, 0.5) is 5.13 Å². The van der Waals surface area contributed by atoms with E-state index in [2.05, 4.69) is 31.0 Å². The highest BCUT2D eigenvalue weighted by atomic mass is 32.2. The van der Waals surface area contributed by atoms with Gasteiger partial charge in [0.05, 0.1) is 17.2 Å². The zero-order valence-electron chi connectivity index (χ0n) is 13.1. The molecule has 0 unspecified atom stereocenters. The first-order valence-electron chi connectivity index (χ1n) is 7.58. The maximum absolute atomic E-state index is 11.7. The molecule has 0 amide bonds. The van der Waals surface area contributed by atoms with Gasteiger partial charge < -0.3 is 10.2 Å². The second-order valence-corrected chi connectivity index (χ2v) is 9.11. The summed E-state index contributed by atoms with van der Waals surface area (Å²) in [4.78, 5) is 8.13. The van der Waals surface area contributed by atoms with Crippen molar-refractivity contribution in [3.63, 3.8) is 0 Å². The van der Waals surface area contributed by atoms with Gasteiger partial charge in [0.2, 0.25) is 0 Å². The van der Waals surface area contributed by atoms with Gasteiger partial charge in [-0.05, 0) is 12.8 Å². The van der Waals surface area contributed by atoms with Crippen molar-refractivity contribution < 1.29 is 8.42 Å². The van der Waals surface area contributed by atoms with Crippen molar-refractivity contribution in [1.29, 1.82) is 0 Å². The summed E-state index contributed by atoms with van der Waals surface area (Å²) in [5.41, 5.74) is 1.13. The van der Waals surface area contributed by atoms with E-state index in [0.717, 1.165) is 30.3 Å². The molecule has 7 heteroatoms. The Morgan fingerprint density at radius 1 is 1.33 bits per heavy atom. The summed E-state index contributed by atoms with van der Waals surface area (Å²) in [5, 5.41) is 4.41. The first-order chi connectivity index (χ1) is 9.91. The van der Waals surface area contributed by atoms with E-state index in [4.69, 9.17) is 4.98 Å². The molecule has 0 aromatic carbocycles. The van der Waals surface area contributed by atoms with E-state index in [-0.39, 0.29) is 5.75 Å². The lowest BCUT2D eigenvalue weighted by molar-refractivity contribution is 0.590. The molecular weight excluding hydrogens is 306 g/mol. The third kappa shape index (κ3) is 4.66. The topological polar surface area (TPSA) is 62.3 Å². The number of hydrogen-bond donors (Lipinski definition) is 1. The van der Waals surface area contributed by atoms with Crippen molar-refractivity contribution in [2.24, 2.45) is 0 Å². The van der Waals surface area contributed by atoms with Crippen molar-refractivity contribution in [3.8, 4) is 0 Å². The predicted octanol–water partition coefficient (Wildman–Crippen LogP) is 1.83. The Labute approximate surface area is 131 Å². The van der Waals surface area contributed by atoms with E-state index in [0.29, 0.717) is 24.8 Å². The van der Waals surface area contributed by atoms with Crippen molar-refractivity contribution >= 4 is 26.3 Å². The third-order valence-electron chi connectivity index (χ3n) is 3.60. The van der Waals surface area contributed by atoms with Crippen molar-refractivity contribution in [2.45, 2.75) is 46.2 Å². The molecule has 21 heavy (non-hydrogen) atoms. The minimum Gasteiger partial charge on any atom is -0.347 e. The molecule has 5 nitrogen and oxygen atoms in total. The Morgan fingerprint density at radius 2 is 2.10 bits per heavy atom. The number of anilines is 1. The van der Waals surface area contributed by atoms with Gasteiger partial charge in [-0.1, -0.05) is 20.8 Å². The van der Waals surface area contributed by atoms with Crippen LogP contribution in [0.3, 0.4) is 0 Å². The molecule has 1 saturated heterocycles. The van der Waals surface area contributed by atoms with Crippen LogP contribution in [-0.2, 0) is 22.8 Å². The molecule has 1 fully saturated rings. The first-order valence-corrected chi connectivity index (χ1v) is 10.2.